The van der Waals surface area contributed by atoms with E-state index in [1.165, 1.54) is 15.6 Å². The van der Waals surface area contributed by atoms with Crippen molar-refractivity contribution in [3.05, 3.63) is 83.2 Å². The third-order valence-corrected chi connectivity index (χ3v) is 10.8. The van der Waals surface area contributed by atoms with Gasteiger partial charge in [-0.3, -0.25) is 4.79 Å². The van der Waals surface area contributed by atoms with Crippen molar-refractivity contribution in [2.45, 2.75) is 49.1 Å². The average molecular weight is 654 g/mol. The summed E-state index contributed by atoms with van der Waals surface area (Å²) in [7, 11) is -0.879. The van der Waals surface area contributed by atoms with Crippen molar-refractivity contribution in [2.24, 2.45) is 0 Å². The van der Waals surface area contributed by atoms with Gasteiger partial charge in [0.15, 0.2) is 18.1 Å². The molecule has 1 saturated heterocycles. The minimum Gasteiger partial charge on any atom is -0.493 e. The number of thiophene rings is 1. The van der Waals surface area contributed by atoms with Crippen molar-refractivity contribution >= 4 is 43.4 Å². The van der Waals surface area contributed by atoms with E-state index >= 15 is 0 Å². The van der Waals surface area contributed by atoms with E-state index < -0.39 is 40.7 Å². The highest BCUT2D eigenvalue weighted by Gasteiger charge is 2.40. The first-order chi connectivity index (χ1) is 21.7. The van der Waals surface area contributed by atoms with Gasteiger partial charge in [0, 0.05) is 22.0 Å². The number of fused-ring (bicyclic) bond motifs is 1. The van der Waals surface area contributed by atoms with Crippen LogP contribution in [0.4, 0.5) is 0 Å². The number of benzene rings is 3. The second kappa shape index (κ2) is 14.3. The maximum Gasteiger partial charge on any atom is 0.341 e. The molecule has 238 valence electrons. The summed E-state index contributed by atoms with van der Waals surface area (Å²) in [5, 5.41) is 11.3. The van der Waals surface area contributed by atoms with E-state index in [1.807, 2.05) is 24.3 Å². The standard InChI is InChI=1S/C33H35NO9S2/c1-40-28-16-14-22(18-29(28)41-2)13-15-27(23-8-7-9-24(19-23)42-20-32(35)36)43-33(37)26-11-5-6-17-34(26)45(38,39)31-21-44-30-12-4-3-10-25(30)31/h3-4,7-10,12,14,16,18-19,21,26-27H,5-6,11,13,15,17,20H2,1-2H3,(H,35,36)/t26?,27-/m1/s1. The SMILES string of the molecule is COc1ccc(CC[C@@H](OC(=O)C2CCCCN2S(=O)(=O)c2csc3ccccc23)c2cccc(OCC(=O)O)c2)cc1OC. The summed E-state index contributed by atoms with van der Waals surface area (Å²) >= 11 is 1.35. The predicted octanol–water partition coefficient (Wildman–Crippen LogP) is 5.84. The van der Waals surface area contributed by atoms with Gasteiger partial charge in [0.1, 0.15) is 22.8 Å². The molecule has 12 heteroatoms. The molecule has 1 N–H and O–H groups in total. The zero-order chi connectivity index (χ0) is 32.0. The van der Waals surface area contributed by atoms with Crippen LogP contribution in [0.15, 0.2) is 77.0 Å². The molecule has 0 aliphatic carbocycles. The first kappa shape index (κ1) is 32.3. The molecule has 1 fully saturated rings. The number of ether oxygens (including phenoxy) is 4. The zero-order valence-electron chi connectivity index (χ0n) is 25.0. The van der Waals surface area contributed by atoms with Gasteiger partial charge >= 0.3 is 11.9 Å². The van der Waals surface area contributed by atoms with Crippen molar-refractivity contribution in [2.75, 3.05) is 27.4 Å². The monoisotopic (exact) mass is 653 g/mol. The maximum atomic E-state index is 14.0. The average Bonchev–Trinajstić information content (AvgIpc) is 3.51. The lowest BCUT2D eigenvalue weighted by Crippen LogP contribution is -2.48. The largest absolute Gasteiger partial charge is 0.493 e. The van der Waals surface area contributed by atoms with Crippen LogP contribution in [0.3, 0.4) is 0 Å². The van der Waals surface area contributed by atoms with Gasteiger partial charge in [0.25, 0.3) is 0 Å². The molecule has 3 aromatic carbocycles. The molecule has 0 spiro atoms. The summed E-state index contributed by atoms with van der Waals surface area (Å²) in [4.78, 5) is 25.2. The summed E-state index contributed by atoms with van der Waals surface area (Å²) < 4.78 is 52.4. The fourth-order valence-corrected chi connectivity index (χ4v) is 8.63. The van der Waals surface area contributed by atoms with Crippen LogP contribution in [0, 0.1) is 0 Å². The number of carbonyl (C=O) groups is 2. The van der Waals surface area contributed by atoms with Gasteiger partial charge in [-0.2, -0.15) is 4.31 Å². The van der Waals surface area contributed by atoms with E-state index in [9.17, 15) is 18.0 Å². The molecule has 45 heavy (non-hydrogen) atoms. The summed E-state index contributed by atoms with van der Waals surface area (Å²) in [5.41, 5.74) is 1.51. The first-order valence-electron chi connectivity index (χ1n) is 14.5. The van der Waals surface area contributed by atoms with Crippen LogP contribution in [0.25, 0.3) is 10.1 Å². The van der Waals surface area contributed by atoms with Crippen LogP contribution in [-0.4, -0.2) is 63.2 Å². The number of carboxylic acids is 1. The Morgan fingerprint density at radius 3 is 2.58 bits per heavy atom. The summed E-state index contributed by atoms with van der Waals surface area (Å²) in [5.74, 6) is -0.282. The van der Waals surface area contributed by atoms with Crippen LogP contribution in [-0.2, 0) is 30.8 Å². The Hall–Kier alpha value is -4.13. The number of hydrogen-bond acceptors (Lipinski definition) is 9. The number of aryl methyl sites for hydroxylation is 1. The van der Waals surface area contributed by atoms with Crippen LogP contribution < -0.4 is 14.2 Å². The number of nitrogens with zero attached hydrogens (tertiary/aromatic N) is 1. The molecule has 0 saturated carbocycles. The van der Waals surface area contributed by atoms with Gasteiger partial charge in [0.2, 0.25) is 10.0 Å². The lowest BCUT2D eigenvalue weighted by atomic mass is 10.00. The molecule has 0 bridgehead atoms. The molecule has 10 nitrogen and oxygen atoms in total. The number of sulfonamides is 1. The van der Waals surface area contributed by atoms with Crippen LogP contribution in [0.5, 0.6) is 17.2 Å². The van der Waals surface area contributed by atoms with Crippen molar-refractivity contribution in [1.82, 2.24) is 4.31 Å². The number of carboxylic acid groups (broad SMARTS) is 1. The summed E-state index contributed by atoms with van der Waals surface area (Å²) in [6, 6.07) is 18.6. The van der Waals surface area contributed by atoms with E-state index in [0.29, 0.717) is 60.3 Å². The van der Waals surface area contributed by atoms with E-state index in [2.05, 4.69) is 0 Å². The van der Waals surface area contributed by atoms with Gasteiger partial charge in [-0.1, -0.05) is 36.4 Å². The molecule has 0 amide bonds. The topological polar surface area (TPSA) is 129 Å². The van der Waals surface area contributed by atoms with Gasteiger partial charge < -0.3 is 24.1 Å². The van der Waals surface area contributed by atoms with Crippen LogP contribution >= 0.6 is 11.3 Å². The molecule has 2 heterocycles. The lowest BCUT2D eigenvalue weighted by molar-refractivity contribution is -0.155. The normalized spacial score (nSPS) is 16.2. The number of esters is 1. The summed E-state index contributed by atoms with van der Waals surface area (Å²) in [6.07, 6.45) is 1.74. The Kier molecular flexibility index (Phi) is 10.3. The molecule has 0 radical (unpaired) electrons. The first-order valence-corrected chi connectivity index (χ1v) is 16.9. The lowest BCUT2D eigenvalue weighted by Gasteiger charge is -2.34. The fourth-order valence-electron chi connectivity index (χ4n) is 5.50. The van der Waals surface area contributed by atoms with Crippen molar-refractivity contribution in [1.29, 1.82) is 0 Å². The molecule has 5 rings (SSSR count). The van der Waals surface area contributed by atoms with Crippen molar-refractivity contribution in [3.63, 3.8) is 0 Å². The van der Waals surface area contributed by atoms with E-state index in [1.54, 1.807) is 62.1 Å². The highest BCUT2D eigenvalue weighted by molar-refractivity contribution is 7.89. The van der Waals surface area contributed by atoms with Crippen molar-refractivity contribution < 1.29 is 42.1 Å². The Morgan fingerprint density at radius 1 is 1.00 bits per heavy atom. The molecule has 2 atom stereocenters. The van der Waals surface area contributed by atoms with Gasteiger partial charge in [-0.15, -0.1) is 11.3 Å². The van der Waals surface area contributed by atoms with E-state index in [4.69, 9.17) is 24.1 Å². The van der Waals surface area contributed by atoms with Gasteiger partial charge in [0.05, 0.1) is 14.2 Å². The Morgan fingerprint density at radius 2 is 1.80 bits per heavy atom. The minimum absolute atomic E-state index is 0.191. The van der Waals surface area contributed by atoms with Crippen molar-refractivity contribution in [3.8, 4) is 17.2 Å². The summed E-state index contributed by atoms with van der Waals surface area (Å²) in [6.45, 7) is -0.313. The zero-order valence-corrected chi connectivity index (χ0v) is 26.6. The van der Waals surface area contributed by atoms with Crippen LogP contribution in [0.2, 0.25) is 0 Å². The number of hydrogen-bond donors (Lipinski definition) is 1. The number of rotatable bonds is 13. The molecule has 1 unspecified atom stereocenters. The number of carbonyl (C=O) groups excluding carboxylic acids is 1. The van der Waals surface area contributed by atoms with Gasteiger partial charge in [-0.05, 0) is 73.6 Å². The van der Waals surface area contributed by atoms with Crippen LogP contribution in [0.1, 0.15) is 42.9 Å². The Balaban J connectivity index is 1.42. The van der Waals surface area contributed by atoms with E-state index in [-0.39, 0.29) is 11.4 Å². The molecule has 4 aromatic rings. The minimum atomic E-state index is -3.99. The highest BCUT2D eigenvalue weighted by Crippen LogP contribution is 2.36. The third-order valence-electron chi connectivity index (χ3n) is 7.75. The number of methoxy groups -OCH3 is 2. The third kappa shape index (κ3) is 7.41. The van der Waals surface area contributed by atoms with E-state index in [0.717, 1.165) is 10.3 Å². The Bertz CT molecular complexity index is 1770. The number of piperidine rings is 1. The maximum absolute atomic E-state index is 14.0. The smallest absolute Gasteiger partial charge is 0.341 e. The quantitative estimate of drug-likeness (QED) is 0.177. The molecule has 1 aliphatic rings. The second-order valence-corrected chi connectivity index (χ2v) is 13.4. The second-order valence-electron chi connectivity index (χ2n) is 10.6. The Labute approximate surface area is 266 Å². The number of aliphatic carboxylic acids is 1. The highest BCUT2D eigenvalue weighted by atomic mass is 32.2. The predicted molar refractivity (Wildman–Crippen MR) is 170 cm³/mol. The molecular formula is C33H35NO9S2. The fraction of sp³-hybridized carbons (Fsp3) is 0.333. The molecular weight excluding hydrogens is 618 g/mol. The van der Waals surface area contributed by atoms with Gasteiger partial charge in [-0.25, -0.2) is 13.2 Å². The molecule has 1 aliphatic heterocycles. The molecule has 1 aromatic heterocycles.